The van der Waals surface area contributed by atoms with Crippen LogP contribution in [0.5, 0.6) is 0 Å². The lowest BCUT2D eigenvalue weighted by molar-refractivity contribution is -0.141. The van der Waals surface area contributed by atoms with Crippen LogP contribution in [-0.2, 0) is 4.79 Å². The van der Waals surface area contributed by atoms with E-state index in [1.807, 2.05) is 13.8 Å². The Kier molecular flexibility index (Phi) is 8.25. The fraction of sp³-hybridized carbons (Fsp3) is 0.933. The summed E-state index contributed by atoms with van der Waals surface area (Å²) in [6.45, 7) is 10.4. The molecule has 1 unspecified atom stereocenters. The third-order valence-electron chi connectivity index (χ3n) is 3.80. The molecule has 2 N–H and O–H groups in total. The Morgan fingerprint density at radius 3 is 2.22 bits per heavy atom. The predicted octanol–water partition coefficient (Wildman–Crippen LogP) is 3.82. The van der Waals surface area contributed by atoms with E-state index < -0.39 is 12.0 Å². The molecule has 108 valence electrons. The van der Waals surface area contributed by atoms with E-state index in [-0.39, 0.29) is 11.5 Å². The zero-order valence-electron chi connectivity index (χ0n) is 12.8. The first kappa shape index (κ1) is 17.4. The molecule has 0 aromatic rings. The number of rotatable bonds is 10. The largest absolute Gasteiger partial charge is 0.480 e. The summed E-state index contributed by atoms with van der Waals surface area (Å²) >= 11 is 0. The van der Waals surface area contributed by atoms with Gasteiger partial charge < -0.3 is 5.11 Å². The fourth-order valence-corrected chi connectivity index (χ4v) is 2.18. The van der Waals surface area contributed by atoms with Crippen LogP contribution in [0.3, 0.4) is 0 Å². The van der Waals surface area contributed by atoms with E-state index in [2.05, 4.69) is 26.1 Å². The van der Waals surface area contributed by atoms with Crippen molar-refractivity contribution < 1.29 is 9.90 Å². The molecule has 0 bridgehead atoms. The molecule has 2 atom stereocenters. The Morgan fingerprint density at radius 2 is 1.83 bits per heavy atom. The zero-order valence-corrected chi connectivity index (χ0v) is 12.8. The van der Waals surface area contributed by atoms with Gasteiger partial charge in [-0.25, -0.2) is 0 Å². The maximum atomic E-state index is 11.2. The fourth-order valence-electron chi connectivity index (χ4n) is 2.18. The van der Waals surface area contributed by atoms with Crippen molar-refractivity contribution >= 4 is 5.97 Å². The lowest BCUT2D eigenvalue weighted by Crippen LogP contribution is -2.53. The van der Waals surface area contributed by atoms with Crippen molar-refractivity contribution in [1.29, 1.82) is 0 Å². The second kappa shape index (κ2) is 8.52. The molecule has 0 aliphatic heterocycles. The number of aliphatic carboxylic acids is 1. The highest BCUT2D eigenvalue weighted by molar-refractivity contribution is 5.73. The van der Waals surface area contributed by atoms with Crippen LogP contribution in [-0.4, -0.2) is 22.7 Å². The predicted molar refractivity (Wildman–Crippen MR) is 76.9 cm³/mol. The van der Waals surface area contributed by atoms with E-state index in [1.54, 1.807) is 0 Å². The van der Waals surface area contributed by atoms with Crippen molar-refractivity contribution in [3.8, 4) is 0 Å². The lowest BCUT2D eigenvalue weighted by atomic mass is 9.88. The van der Waals surface area contributed by atoms with Gasteiger partial charge in [0.15, 0.2) is 0 Å². The molecule has 0 fully saturated rings. The Labute approximate surface area is 112 Å². The topological polar surface area (TPSA) is 49.3 Å². The minimum atomic E-state index is -0.738. The summed E-state index contributed by atoms with van der Waals surface area (Å²) in [6.07, 6.45) is 6.95. The van der Waals surface area contributed by atoms with E-state index in [0.29, 0.717) is 0 Å². The first-order valence-corrected chi connectivity index (χ1v) is 7.36. The van der Waals surface area contributed by atoms with E-state index in [0.717, 1.165) is 12.8 Å². The van der Waals surface area contributed by atoms with Gasteiger partial charge >= 0.3 is 5.97 Å². The quantitative estimate of drug-likeness (QED) is 0.585. The maximum absolute atomic E-state index is 11.2. The molecule has 0 aromatic carbocycles. The molecule has 0 rings (SSSR count). The summed E-state index contributed by atoms with van der Waals surface area (Å²) in [5.41, 5.74) is -0.0545. The molecular formula is C15H31NO2. The molecule has 0 saturated heterocycles. The number of unbranched alkanes of at least 4 members (excludes halogenated alkanes) is 3. The first-order chi connectivity index (χ1) is 8.36. The molecule has 0 saturated carbocycles. The molecule has 3 nitrogen and oxygen atoms in total. The Morgan fingerprint density at radius 1 is 1.22 bits per heavy atom. The Hall–Kier alpha value is -0.570. The van der Waals surface area contributed by atoms with Crippen LogP contribution in [0.2, 0.25) is 0 Å². The van der Waals surface area contributed by atoms with Gasteiger partial charge in [-0.2, -0.15) is 0 Å². The Balaban J connectivity index is 4.39. The first-order valence-electron chi connectivity index (χ1n) is 7.36. The summed E-state index contributed by atoms with van der Waals surface area (Å²) < 4.78 is 0. The number of carboxylic acid groups (broad SMARTS) is 1. The SMILES string of the molecule is CCCCCCC(C)(CC)N[C@H](C(=O)O)C(C)C. The minimum Gasteiger partial charge on any atom is -0.480 e. The number of hydrogen-bond donors (Lipinski definition) is 2. The van der Waals surface area contributed by atoms with Gasteiger partial charge in [0.25, 0.3) is 0 Å². The molecule has 0 aliphatic rings. The molecule has 0 heterocycles. The van der Waals surface area contributed by atoms with Gasteiger partial charge in [-0.3, -0.25) is 10.1 Å². The third-order valence-corrected chi connectivity index (χ3v) is 3.80. The van der Waals surface area contributed by atoms with Gasteiger partial charge in [0.05, 0.1) is 0 Å². The second-order valence-corrected chi connectivity index (χ2v) is 5.93. The molecular weight excluding hydrogens is 226 g/mol. The van der Waals surface area contributed by atoms with Crippen LogP contribution in [0.4, 0.5) is 0 Å². The summed E-state index contributed by atoms with van der Waals surface area (Å²) in [6, 6.07) is -0.443. The van der Waals surface area contributed by atoms with Crippen molar-refractivity contribution in [2.75, 3.05) is 0 Å². The van der Waals surface area contributed by atoms with Crippen molar-refractivity contribution in [1.82, 2.24) is 5.32 Å². The minimum absolute atomic E-state index is 0.0545. The average molecular weight is 257 g/mol. The van der Waals surface area contributed by atoms with Crippen LogP contribution < -0.4 is 5.32 Å². The Bertz CT molecular complexity index is 241. The molecule has 0 aromatic heterocycles. The number of carboxylic acids is 1. The summed E-state index contributed by atoms with van der Waals surface area (Å²) in [5, 5.41) is 12.6. The molecule has 18 heavy (non-hydrogen) atoms. The van der Waals surface area contributed by atoms with E-state index in [9.17, 15) is 9.90 Å². The molecule has 0 spiro atoms. The van der Waals surface area contributed by atoms with Crippen LogP contribution >= 0.6 is 0 Å². The van der Waals surface area contributed by atoms with Gasteiger partial charge in [0, 0.05) is 5.54 Å². The maximum Gasteiger partial charge on any atom is 0.320 e. The normalized spacial score (nSPS) is 16.6. The van der Waals surface area contributed by atoms with Crippen LogP contribution in [0, 0.1) is 5.92 Å². The van der Waals surface area contributed by atoms with Crippen molar-refractivity contribution in [3.63, 3.8) is 0 Å². The highest BCUT2D eigenvalue weighted by atomic mass is 16.4. The van der Waals surface area contributed by atoms with Gasteiger partial charge in [-0.15, -0.1) is 0 Å². The van der Waals surface area contributed by atoms with Crippen LogP contribution in [0.25, 0.3) is 0 Å². The monoisotopic (exact) mass is 257 g/mol. The lowest BCUT2D eigenvalue weighted by Gasteiger charge is -2.34. The molecule has 0 aliphatic carbocycles. The van der Waals surface area contributed by atoms with E-state index in [1.165, 1.54) is 25.7 Å². The standard InChI is InChI=1S/C15H31NO2/c1-6-8-9-10-11-15(5,7-2)16-13(12(3)4)14(17)18/h12-13,16H,6-11H2,1-5H3,(H,17,18)/t13-,15?/m0/s1. The van der Waals surface area contributed by atoms with Gasteiger partial charge in [-0.05, 0) is 25.7 Å². The summed E-state index contributed by atoms with van der Waals surface area (Å²) in [7, 11) is 0. The number of hydrogen-bond acceptors (Lipinski definition) is 2. The summed E-state index contributed by atoms with van der Waals surface area (Å²) in [4.78, 5) is 11.2. The molecule has 0 amide bonds. The van der Waals surface area contributed by atoms with Gasteiger partial charge in [0.1, 0.15) is 6.04 Å². The van der Waals surface area contributed by atoms with E-state index >= 15 is 0 Å². The smallest absolute Gasteiger partial charge is 0.320 e. The average Bonchev–Trinajstić information content (AvgIpc) is 2.31. The number of nitrogens with one attached hydrogen (secondary N) is 1. The molecule has 0 radical (unpaired) electrons. The zero-order chi connectivity index (χ0) is 14.2. The van der Waals surface area contributed by atoms with Crippen molar-refractivity contribution in [2.24, 2.45) is 5.92 Å². The van der Waals surface area contributed by atoms with Crippen LogP contribution in [0.1, 0.15) is 73.1 Å². The van der Waals surface area contributed by atoms with Crippen molar-refractivity contribution in [2.45, 2.75) is 84.7 Å². The van der Waals surface area contributed by atoms with Crippen molar-refractivity contribution in [3.05, 3.63) is 0 Å². The third kappa shape index (κ3) is 6.39. The highest BCUT2D eigenvalue weighted by Gasteiger charge is 2.30. The number of carbonyl (C=O) groups is 1. The highest BCUT2D eigenvalue weighted by Crippen LogP contribution is 2.21. The van der Waals surface area contributed by atoms with Gasteiger partial charge in [-0.1, -0.05) is 53.4 Å². The second-order valence-electron chi connectivity index (χ2n) is 5.93. The van der Waals surface area contributed by atoms with Crippen LogP contribution in [0.15, 0.2) is 0 Å². The van der Waals surface area contributed by atoms with Gasteiger partial charge in [0.2, 0.25) is 0 Å². The molecule has 3 heteroatoms. The summed E-state index contributed by atoms with van der Waals surface area (Å²) in [5.74, 6) is -0.623. The van der Waals surface area contributed by atoms with E-state index in [4.69, 9.17) is 0 Å².